The van der Waals surface area contributed by atoms with Crippen molar-refractivity contribution >= 4 is 0 Å². The Kier molecular flexibility index (Phi) is 4.64. The first kappa shape index (κ1) is 13.7. The van der Waals surface area contributed by atoms with Gasteiger partial charge in [0.2, 0.25) is 0 Å². The smallest absolute Gasteiger partial charge is 0.119 e. The summed E-state index contributed by atoms with van der Waals surface area (Å²) in [5, 5.41) is 12.6. The van der Waals surface area contributed by atoms with Gasteiger partial charge in [-0.15, -0.1) is 0 Å². The van der Waals surface area contributed by atoms with Crippen molar-refractivity contribution in [1.29, 1.82) is 5.26 Å². The summed E-state index contributed by atoms with van der Waals surface area (Å²) in [5.41, 5.74) is -0.316. The summed E-state index contributed by atoms with van der Waals surface area (Å²) in [5.74, 6) is 1.64. The van der Waals surface area contributed by atoms with Gasteiger partial charge in [0.15, 0.2) is 0 Å². The Labute approximate surface area is 114 Å². The third-order valence-corrected chi connectivity index (χ3v) is 3.56. The quantitative estimate of drug-likeness (QED) is 0.798. The summed E-state index contributed by atoms with van der Waals surface area (Å²) in [6.07, 6.45) is 4.18. The highest BCUT2D eigenvalue weighted by atomic mass is 16.5. The van der Waals surface area contributed by atoms with Gasteiger partial charge >= 0.3 is 0 Å². The molecule has 1 N–H and O–H groups in total. The maximum atomic E-state index is 9.22. The molecule has 1 fully saturated rings. The van der Waals surface area contributed by atoms with Crippen LogP contribution in [0.5, 0.6) is 11.5 Å². The van der Waals surface area contributed by atoms with Crippen LogP contribution in [-0.4, -0.2) is 25.8 Å². The number of nitriles is 1. The van der Waals surface area contributed by atoms with E-state index in [0.29, 0.717) is 13.2 Å². The standard InChI is InChI=1S/C15H20N2O2/c1-18-13-4-6-14(7-5-13)19-11-10-17-15(12-16)8-2-3-9-15/h4-7,17H,2-3,8-11H2,1H3. The summed E-state index contributed by atoms with van der Waals surface area (Å²) in [7, 11) is 1.64. The van der Waals surface area contributed by atoms with Crippen LogP contribution in [0.1, 0.15) is 25.7 Å². The molecule has 0 atom stereocenters. The van der Waals surface area contributed by atoms with Crippen molar-refractivity contribution in [3.8, 4) is 17.6 Å². The molecule has 0 amide bonds. The first-order chi connectivity index (χ1) is 9.28. The molecule has 1 saturated carbocycles. The first-order valence-corrected chi connectivity index (χ1v) is 6.71. The van der Waals surface area contributed by atoms with E-state index in [1.807, 2.05) is 24.3 Å². The topological polar surface area (TPSA) is 54.3 Å². The lowest BCUT2D eigenvalue weighted by molar-refractivity contribution is 0.291. The molecule has 1 aliphatic rings. The van der Waals surface area contributed by atoms with Crippen molar-refractivity contribution < 1.29 is 9.47 Å². The maximum Gasteiger partial charge on any atom is 0.119 e. The van der Waals surface area contributed by atoms with Crippen LogP contribution in [0, 0.1) is 11.3 Å². The Bertz CT molecular complexity index is 430. The summed E-state index contributed by atoms with van der Waals surface area (Å²) < 4.78 is 10.7. The highest BCUT2D eigenvalue weighted by Crippen LogP contribution is 2.28. The van der Waals surface area contributed by atoms with Gasteiger partial charge < -0.3 is 9.47 Å². The van der Waals surface area contributed by atoms with E-state index in [4.69, 9.17) is 9.47 Å². The molecule has 1 aromatic carbocycles. The fourth-order valence-corrected chi connectivity index (χ4v) is 2.44. The van der Waals surface area contributed by atoms with E-state index < -0.39 is 0 Å². The molecule has 102 valence electrons. The number of nitrogens with one attached hydrogen (secondary N) is 1. The number of benzene rings is 1. The van der Waals surface area contributed by atoms with Crippen molar-refractivity contribution in [2.24, 2.45) is 0 Å². The number of nitrogens with zero attached hydrogens (tertiary/aromatic N) is 1. The molecule has 0 saturated heterocycles. The minimum absolute atomic E-state index is 0.316. The zero-order chi connectivity index (χ0) is 13.6. The van der Waals surface area contributed by atoms with Gasteiger partial charge in [0.1, 0.15) is 23.6 Å². The fourth-order valence-electron chi connectivity index (χ4n) is 2.44. The summed E-state index contributed by atoms with van der Waals surface area (Å²) in [6, 6.07) is 9.92. The van der Waals surface area contributed by atoms with Gasteiger partial charge in [0.05, 0.1) is 13.2 Å². The van der Waals surface area contributed by atoms with Crippen molar-refractivity contribution in [3.63, 3.8) is 0 Å². The van der Waals surface area contributed by atoms with Gasteiger partial charge in [-0.3, -0.25) is 5.32 Å². The highest BCUT2D eigenvalue weighted by Gasteiger charge is 2.32. The van der Waals surface area contributed by atoms with E-state index in [1.165, 1.54) is 0 Å². The molecule has 0 unspecified atom stereocenters. The van der Waals surface area contributed by atoms with Gasteiger partial charge in [-0.25, -0.2) is 0 Å². The average Bonchev–Trinajstić information content (AvgIpc) is 2.94. The zero-order valence-corrected chi connectivity index (χ0v) is 11.3. The second-order valence-corrected chi connectivity index (χ2v) is 4.85. The Balaban J connectivity index is 1.73. The van der Waals surface area contributed by atoms with Crippen molar-refractivity contribution in [2.45, 2.75) is 31.2 Å². The van der Waals surface area contributed by atoms with Gasteiger partial charge in [0, 0.05) is 6.54 Å². The molecule has 4 heteroatoms. The Hall–Kier alpha value is -1.73. The van der Waals surface area contributed by atoms with Gasteiger partial charge in [-0.05, 0) is 37.1 Å². The molecule has 0 bridgehead atoms. The number of hydrogen-bond donors (Lipinski definition) is 1. The number of hydrogen-bond acceptors (Lipinski definition) is 4. The van der Waals surface area contributed by atoms with Crippen LogP contribution in [0.15, 0.2) is 24.3 Å². The minimum atomic E-state index is -0.316. The Morgan fingerprint density at radius 3 is 2.42 bits per heavy atom. The van der Waals surface area contributed by atoms with Gasteiger partial charge in [0.25, 0.3) is 0 Å². The molecule has 1 aliphatic carbocycles. The monoisotopic (exact) mass is 260 g/mol. The molecular formula is C15H20N2O2. The molecule has 0 radical (unpaired) electrons. The van der Waals surface area contributed by atoms with Crippen LogP contribution in [0.4, 0.5) is 0 Å². The van der Waals surface area contributed by atoms with Crippen LogP contribution >= 0.6 is 0 Å². The third-order valence-electron chi connectivity index (χ3n) is 3.56. The van der Waals surface area contributed by atoms with Crippen LogP contribution in [0.25, 0.3) is 0 Å². The summed E-state index contributed by atoms with van der Waals surface area (Å²) in [6.45, 7) is 1.26. The second-order valence-electron chi connectivity index (χ2n) is 4.85. The largest absolute Gasteiger partial charge is 0.497 e. The minimum Gasteiger partial charge on any atom is -0.497 e. The second kappa shape index (κ2) is 6.44. The molecule has 0 spiro atoms. The molecule has 0 aliphatic heterocycles. The molecule has 0 heterocycles. The van der Waals surface area contributed by atoms with E-state index in [9.17, 15) is 5.26 Å². The first-order valence-electron chi connectivity index (χ1n) is 6.71. The summed E-state index contributed by atoms with van der Waals surface area (Å²) >= 11 is 0. The average molecular weight is 260 g/mol. The number of rotatable bonds is 6. The van der Waals surface area contributed by atoms with Crippen LogP contribution in [0.2, 0.25) is 0 Å². The van der Waals surface area contributed by atoms with E-state index >= 15 is 0 Å². The van der Waals surface area contributed by atoms with Crippen LogP contribution < -0.4 is 14.8 Å². The Morgan fingerprint density at radius 1 is 1.21 bits per heavy atom. The van der Waals surface area contributed by atoms with E-state index in [-0.39, 0.29) is 5.54 Å². The normalized spacial score (nSPS) is 16.8. The number of methoxy groups -OCH3 is 1. The van der Waals surface area contributed by atoms with Crippen molar-refractivity contribution in [1.82, 2.24) is 5.32 Å². The zero-order valence-electron chi connectivity index (χ0n) is 11.3. The van der Waals surface area contributed by atoms with Gasteiger partial charge in [-0.1, -0.05) is 12.8 Å². The third kappa shape index (κ3) is 3.62. The molecule has 0 aromatic heterocycles. The SMILES string of the molecule is COc1ccc(OCCNC2(C#N)CCCC2)cc1. The van der Waals surface area contributed by atoms with Crippen LogP contribution in [-0.2, 0) is 0 Å². The predicted molar refractivity (Wildman–Crippen MR) is 73.3 cm³/mol. The number of ether oxygens (including phenoxy) is 2. The molecular weight excluding hydrogens is 240 g/mol. The Morgan fingerprint density at radius 2 is 1.84 bits per heavy atom. The predicted octanol–water partition coefficient (Wildman–Crippen LogP) is 2.50. The van der Waals surface area contributed by atoms with E-state index in [0.717, 1.165) is 37.2 Å². The highest BCUT2D eigenvalue weighted by molar-refractivity contribution is 5.31. The summed E-state index contributed by atoms with van der Waals surface area (Å²) in [4.78, 5) is 0. The molecule has 1 aromatic rings. The van der Waals surface area contributed by atoms with Crippen molar-refractivity contribution in [2.75, 3.05) is 20.3 Å². The lowest BCUT2D eigenvalue weighted by Crippen LogP contribution is -2.43. The van der Waals surface area contributed by atoms with E-state index in [1.54, 1.807) is 7.11 Å². The molecule has 19 heavy (non-hydrogen) atoms. The van der Waals surface area contributed by atoms with Crippen LogP contribution in [0.3, 0.4) is 0 Å². The molecule has 4 nitrogen and oxygen atoms in total. The van der Waals surface area contributed by atoms with E-state index in [2.05, 4.69) is 11.4 Å². The van der Waals surface area contributed by atoms with Crippen molar-refractivity contribution in [3.05, 3.63) is 24.3 Å². The maximum absolute atomic E-state index is 9.22. The molecule has 2 rings (SSSR count). The lowest BCUT2D eigenvalue weighted by atomic mass is 10.0. The lowest BCUT2D eigenvalue weighted by Gasteiger charge is -2.21. The van der Waals surface area contributed by atoms with Gasteiger partial charge in [-0.2, -0.15) is 5.26 Å². The fraction of sp³-hybridized carbons (Fsp3) is 0.533.